The average molecular weight is 726 g/mol. The van der Waals surface area contributed by atoms with Crippen LogP contribution >= 0.6 is 0 Å². The van der Waals surface area contributed by atoms with E-state index in [-0.39, 0.29) is 23.7 Å². The molecule has 2 atom stereocenters. The average Bonchev–Trinajstić information content (AvgIpc) is 3.42. The van der Waals surface area contributed by atoms with Crippen molar-refractivity contribution >= 4 is 20.4 Å². The van der Waals surface area contributed by atoms with Crippen molar-refractivity contribution in [2.45, 2.75) is 104 Å². The third-order valence-electron chi connectivity index (χ3n) is 10.1. The molecule has 0 aliphatic carbocycles. The molecule has 0 saturated heterocycles. The Kier molecular flexibility index (Phi) is 11.4. The van der Waals surface area contributed by atoms with Gasteiger partial charge in [0.25, 0.3) is 0 Å². The first-order valence-electron chi connectivity index (χ1n) is 18.1. The van der Waals surface area contributed by atoms with Gasteiger partial charge in [0.1, 0.15) is 23.3 Å². The molecule has 0 unspecified atom stereocenters. The number of hydrogen-bond acceptors (Lipinski definition) is 7. The first kappa shape index (κ1) is 38.8. The smallest absolute Gasteiger partial charge is 0.410 e. The Bertz CT molecular complexity index is 1850. The lowest BCUT2D eigenvalue weighted by Gasteiger charge is -2.41. The van der Waals surface area contributed by atoms with Crippen LogP contribution in [0.4, 0.5) is 4.79 Å². The highest BCUT2D eigenvalue weighted by atomic mass is 28.4. The summed E-state index contributed by atoms with van der Waals surface area (Å²) < 4.78 is 26.6. The molecule has 0 radical (unpaired) electrons. The van der Waals surface area contributed by atoms with Crippen molar-refractivity contribution in [1.82, 2.24) is 14.5 Å². The van der Waals surface area contributed by atoms with Crippen LogP contribution in [0.5, 0.6) is 5.75 Å². The first-order chi connectivity index (χ1) is 24.3. The van der Waals surface area contributed by atoms with Crippen molar-refractivity contribution in [3.8, 4) is 22.7 Å². The van der Waals surface area contributed by atoms with Gasteiger partial charge in [-0.15, -0.1) is 0 Å². The van der Waals surface area contributed by atoms with E-state index in [1.54, 1.807) is 17.0 Å². The van der Waals surface area contributed by atoms with Crippen LogP contribution in [-0.2, 0) is 20.3 Å². The summed E-state index contributed by atoms with van der Waals surface area (Å²) in [7, 11) is -0.915. The maximum atomic E-state index is 13.9. The van der Waals surface area contributed by atoms with E-state index in [4.69, 9.17) is 23.6 Å². The molecule has 1 aliphatic rings. The van der Waals surface area contributed by atoms with Crippen LogP contribution in [0.25, 0.3) is 16.9 Å². The largest absolute Gasteiger partial charge is 0.488 e. The molecule has 9 nitrogen and oxygen atoms in total. The minimum absolute atomic E-state index is 0.0484. The van der Waals surface area contributed by atoms with E-state index in [2.05, 4.69) is 76.5 Å². The Labute approximate surface area is 310 Å². The van der Waals surface area contributed by atoms with Gasteiger partial charge < -0.3 is 28.1 Å². The monoisotopic (exact) mass is 725 g/mol. The molecule has 278 valence electrons. The number of benzene rings is 2. The molecule has 0 spiro atoms. The molecule has 0 bridgehead atoms. The lowest BCUT2D eigenvalue weighted by molar-refractivity contribution is 0.00490. The molecule has 1 aliphatic heterocycles. The Morgan fingerprint density at radius 2 is 1.60 bits per heavy atom. The molecule has 0 saturated carbocycles. The minimum atomic E-state index is -2.29. The van der Waals surface area contributed by atoms with E-state index in [1.807, 2.05) is 57.3 Å². The number of methoxy groups -OCH3 is 1. The Morgan fingerprint density at radius 1 is 0.942 bits per heavy atom. The highest BCUT2D eigenvalue weighted by Gasteiger charge is 2.41. The molecule has 0 N–H and O–H groups in total. The van der Waals surface area contributed by atoms with Gasteiger partial charge in [0, 0.05) is 17.6 Å². The van der Waals surface area contributed by atoms with E-state index in [0.29, 0.717) is 12.1 Å². The highest BCUT2D eigenvalue weighted by Crippen LogP contribution is 2.40. The van der Waals surface area contributed by atoms with Crippen molar-refractivity contribution in [3.05, 3.63) is 101 Å². The van der Waals surface area contributed by atoms with Crippen molar-refractivity contribution in [2.75, 3.05) is 20.2 Å². The molecule has 1 amide bonds. The summed E-state index contributed by atoms with van der Waals surface area (Å²) in [6.07, 6.45) is 2.34. The van der Waals surface area contributed by atoms with Crippen LogP contribution < -0.4 is 4.74 Å². The number of ether oxygens (including phenoxy) is 3. The maximum absolute atomic E-state index is 13.9. The number of rotatable bonds is 10. The molecule has 10 heteroatoms. The number of esters is 1. The third-order valence-corrected chi connectivity index (χ3v) is 14.6. The number of carbonyl (C=O) groups is 2. The quantitative estimate of drug-likeness (QED) is 0.119. The van der Waals surface area contributed by atoms with Gasteiger partial charge in [-0.1, -0.05) is 45.0 Å². The number of pyridine rings is 1. The third kappa shape index (κ3) is 9.14. The van der Waals surface area contributed by atoms with E-state index >= 15 is 0 Å². The summed E-state index contributed by atoms with van der Waals surface area (Å²) >= 11 is 0. The fourth-order valence-corrected chi connectivity index (χ4v) is 7.43. The summed E-state index contributed by atoms with van der Waals surface area (Å²) in [5.74, 6) is 1.29. The first-order valence-corrected chi connectivity index (χ1v) is 21.0. The van der Waals surface area contributed by atoms with E-state index in [0.717, 1.165) is 58.1 Å². The molecule has 0 fully saturated rings. The summed E-state index contributed by atoms with van der Waals surface area (Å²) in [6.45, 7) is 21.5. The molecule has 52 heavy (non-hydrogen) atoms. The van der Waals surface area contributed by atoms with Crippen LogP contribution in [0, 0.1) is 13.8 Å². The molecular weight excluding hydrogens is 671 g/mol. The standard InChI is InChI=1S/C42H55N3O6Si/c1-28-12-13-29(2)45(28)38-23-20-34(25-43-38)37(51-52(10,11)42(6,7)8)27-44(40(47)50-41(3,4)5)26-35-21-18-33-24-32(19-22-36(33)49-35)30-14-16-31(17-15-30)39(46)48-9/h12-17,19-20,22-25,35,37H,18,21,26-27H2,1-11H3/t35-,37-/m1/s1. The van der Waals surface area contributed by atoms with Gasteiger partial charge in [-0.2, -0.15) is 0 Å². The van der Waals surface area contributed by atoms with Crippen molar-refractivity contribution in [1.29, 1.82) is 0 Å². The number of fused-ring (bicyclic) bond motifs is 1. The summed E-state index contributed by atoms with van der Waals surface area (Å²) in [6, 6.07) is 21.8. The van der Waals surface area contributed by atoms with E-state index in [1.165, 1.54) is 7.11 Å². The normalized spacial score (nSPS) is 15.3. The fourth-order valence-electron chi connectivity index (χ4n) is 6.16. The van der Waals surface area contributed by atoms with Gasteiger partial charge in [-0.3, -0.25) is 0 Å². The zero-order valence-corrected chi connectivity index (χ0v) is 33.7. The second kappa shape index (κ2) is 15.3. The lowest BCUT2D eigenvalue weighted by atomic mass is 9.96. The van der Waals surface area contributed by atoms with Gasteiger partial charge in [-0.05, 0) is 130 Å². The molecule has 2 aromatic heterocycles. The van der Waals surface area contributed by atoms with Gasteiger partial charge in [0.15, 0.2) is 8.32 Å². The number of hydrogen-bond donors (Lipinski definition) is 0. The number of amides is 1. The zero-order valence-electron chi connectivity index (χ0n) is 32.7. The van der Waals surface area contributed by atoms with Crippen molar-refractivity contribution < 1.29 is 28.2 Å². The number of aromatic nitrogens is 2. The zero-order chi connectivity index (χ0) is 38.0. The molecule has 2 aromatic carbocycles. The van der Waals surface area contributed by atoms with Gasteiger partial charge in [0.05, 0.1) is 31.9 Å². The number of nitrogens with zero attached hydrogens (tertiary/aromatic N) is 3. The van der Waals surface area contributed by atoms with Crippen LogP contribution in [0.1, 0.15) is 86.9 Å². The van der Waals surface area contributed by atoms with E-state index < -0.39 is 26.1 Å². The van der Waals surface area contributed by atoms with Gasteiger partial charge >= 0.3 is 12.1 Å². The fraction of sp³-hybridized carbons (Fsp3) is 0.452. The Balaban J connectivity index is 1.40. The second-order valence-corrected chi connectivity index (χ2v) is 21.1. The number of carbonyl (C=O) groups excluding carboxylic acids is 2. The van der Waals surface area contributed by atoms with Crippen LogP contribution in [0.2, 0.25) is 18.1 Å². The SMILES string of the molecule is COC(=O)c1ccc(-c2ccc3c(c2)CC[C@H](CN(C[C@@H](O[Si](C)(C)C(C)(C)C)c2ccc(-n4c(C)ccc4C)nc2)C(=O)OC(C)(C)C)O3)cc1. The summed E-state index contributed by atoms with van der Waals surface area (Å²) in [5, 5.41) is -0.0484. The maximum Gasteiger partial charge on any atom is 0.410 e. The molecule has 4 aromatic rings. The van der Waals surface area contributed by atoms with Gasteiger partial charge in [-0.25, -0.2) is 14.6 Å². The molecule has 5 rings (SSSR count). The Morgan fingerprint density at radius 3 is 2.17 bits per heavy atom. The van der Waals surface area contributed by atoms with Crippen molar-refractivity contribution in [3.63, 3.8) is 0 Å². The topological polar surface area (TPSA) is 92.1 Å². The molecular formula is C42H55N3O6Si. The highest BCUT2D eigenvalue weighted by molar-refractivity contribution is 6.74. The van der Waals surface area contributed by atoms with Crippen LogP contribution in [0.3, 0.4) is 0 Å². The predicted octanol–water partition coefficient (Wildman–Crippen LogP) is 9.64. The van der Waals surface area contributed by atoms with Crippen LogP contribution in [0.15, 0.2) is 72.9 Å². The van der Waals surface area contributed by atoms with Crippen LogP contribution in [-0.4, -0.2) is 66.7 Å². The van der Waals surface area contributed by atoms with Gasteiger partial charge in [0.2, 0.25) is 0 Å². The summed E-state index contributed by atoms with van der Waals surface area (Å²) in [5.41, 5.74) is 6.12. The molecule has 3 heterocycles. The number of aryl methyl sites for hydroxylation is 3. The minimum Gasteiger partial charge on any atom is -0.488 e. The van der Waals surface area contributed by atoms with E-state index in [9.17, 15) is 9.59 Å². The second-order valence-electron chi connectivity index (χ2n) is 16.3. The van der Waals surface area contributed by atoms with Crippen molar-refractivity contribution in [2.24, 2.45) is 0 Å². The Hall–Kier alpha value is -4.41. The summed E-state index contributed by atoms with van der Waals surface area (Å²) in [4.78, 5) is 32.5. The predicted molar refractivity (Wildman–Crippen MR) is 208 cm³/mol. The lowest BCUT2D eigenvalue weighted by Crippen LogP contribution is -2.48.